The van der Waals surface area contributed by atoms with Gasteiger partial charge >= 0.3 is 0 Å². The third-order valence-corrected chi connectivity index (χ3v) is 4.76. The molecule has 1 fully saturated rings. The average Bonchev–Trinajstić information content (AvgIpc) is 3.34. The number of carbonyl (C=O) groups is 1. The fourth-order valence-corrected chi connectivity index (χ4v) is 3.43. The number of aryl methyl sites for hydroxylation is 1. The maximum atomic E-state index is 12.7. The number of carbonyl (C=O) groups excluding carboxylic acids is 1. The molecule has 7 nitrogen and oxygen atoms in total. The Morgan fingerprint density at radius 1 is 1.19 bits per heavy atom. The molecule has 1 aliphatic heterocycles. The van der Waals surface area contributed by atoms with Crippen LogP contribution in [0.4, 0.5) is 0 Å². The van der Waals surface area contributed by atoms with Crippen molar-refractivity contribution in [1.82, 2.24) is 20.0 Å². The second-order valence-electron chi connectivity index (χ2n) is 6.58. The Labute approximate surface area is 157 Å². The van der Waals surface area contributed by atoms with Crippen LogP contribution in [0.5, 0.6) is 5.75 Å². The minimum Gasteiger partial charge on any atom is -0.482 e. The highest BCUT2D eigenvalue weighted by Crippen LogP contribution is 2.39. The van der Waals surface area contributed by atoms with Gasteiger partial charge in [-0.1, -0.05) is 35.5 Å². The molecule has 4 rings (SSSR count). The largest absolute Gasteiger partial charge is 0.482 e. The quantitative estimate of drug-likeness (QED) is 0.692. The van der Waals surface area contributed by atoms with Crippen LogP contribution in [0, 0.1) is 6.92 Å². The second kappa shape index (κ2) is 7.57. The van der Waals surface area contributed by atoms with E-state index in [2.05, 4.69) is 27.3 Å². The van der Waals surface area contributed by atoms with Crippen LogP contribution in [0.3, 0.4) is 0 Å². The lowest BCUT2D eigenvalue weighted by Crippen LogP contribution is -2.33. The van der Waals surface area contributed by atoms with E-state index in [0.29, 0.717) is 30.6 Å². The molecule has 2 aromatic heterocycles. The minimum atomic E-state index is -0.0708. The summed E-state index contributed by atoms with van der Waals surface area (Å²) in [7, 11) is 0. The highest BCUT2D eigenvalue weighted by molar-refractivity contribution is 5.78. The number of rotatable bonds is 5. The Balaban J connectivity index is 1.50. The van der Waals surface area contributed by atoms with E-state index in [1.54, 1.807) is 36.4 Å². The highest BCUT2D eigenvalue weighted by atomic mass is 16.5. The number of benzene rings is 1. The van der Waals surface area contributed by atoms with Gasteiger partial charge in [-0.15, -0.1) is 0 Å². The number of nitrogens with zero attached hydrogens (tertiary/aromatic N) is 4. The van der Waals surface area contributed by atoms with Crippen molar-refractivity contribution >= 4 is 5.91 Å². The summed E-state index contributed by atoms with van der Waals surface area (Å²) in [5.74, 6) is 1.75. The summed E-state index contributed by atoms with van der Waals surface area (Å²) >= 11 is 0. The molecule has 27 heavy (non-hydrogen) atoms. The molecule has 2 atom stereocenters. The Morgan fingerprint density at radius 3 is 2.70 bits per heavy atom. The topological polar surface area (TPSA) is 81.4 Å². The Kier molecular flexibility index (Phi) is 4.82. The van der Waals surface area contributed by atoms with Crippen LogP contribution < -0.4 is 4.74 Å². The van der Waals surface area contributed by atoms with Gasteiger partial charge in [-0.25, -0.2) is 0 Å². The summed E-state index contributed by atoms with van der Waals surface area (Å²) in [4.78, 5) is 22.9. The van der Waals surface area contributed by atoms with E-state index in [1.165, 1.54) is 0 Å². The van der Waals surface area contributed by atoms with E-state index in [9.17, 15) is 4.79 Å². The summed E-state index contributed by atoms with van der Waals surface area (Å²) in [6, 6.07) is 13.7. The first-order valence-corrected chi connectivity index (χ1v) is 8.86. The molecule has 0 bridgehead atoms. The summed E-state index contributed by atoms with van der Waals surface area (Å²) in [5, 5.41) is 3.91. The Bertz CT molecular complexity index is 898. The normalized spacial score (nSPS) is 19.2. The molecule has 3 heterocycles. The number of hydrogen-bond acceptors (Lipinski definition) is 6. The van der Waals surface area contributed by atoms with Gasteiger partial charge in [0.25, 0.3) is 5.91 Å². The SMILES string of the molecule is Cc1noc(C2CN(C(=O)COc3cccnc3)CC2c2ccccc2)n1. The molecule has 138 valence electrons. The van der Waals surface area contributed by atoms with Crippen LogP contribution in [-0.4, -0.2) is 45.6 Å². The van der Waals surface area contributed by atoms with Crippen LogP contribution in [0.25, 0.3) is 0 Å². The molecule has 1 amide bonds. The lowest BCUT2D eigenvalue weighted by atomic mass is 9.89. The van der Waals surface area contributed by atoms with Gasteiger partial charge in [0.1, 0.15) is 5.75 Å². The number of aromatic nitrogens is 3. The van der Waals surface area contributed by atoms with Crippen LogP contribution in [0.15, 0.2) is 59.4 Å². The third-order valence-electron chi connectivity index (χ3n) is 4.76. The van der Waals surface area contributed by atoms with E-state index in [4.69, 9.17) is 9.26 Å². The second-order valence-corrected chi connectivity index (χ2v) is 6.58. The molecule has 0 aliphatic carbocycles. The maximum absolute atomic E-state index is 12.7. The molecular weight excluding hydrogens is 344 g/mol. The number of hydrogen-bond donors (Lipinski definition) is 0. The van der Waals surface area contributed by atoms with E-state index in [0.717, 1.165) is 5.56 Å². The smallest absolute Gasteiger partial charge is 0.260 e. The Morgan fingerprint density at radius 2 is 2.00 bits per heavy atom. The van der Waals surface area contributed by atoms with Crippen molar-refractivity contribution in [3.05, 3.63) is 72.1 Å². The zero-order valence-electron chi connectivity index (χ0n) is 15.0. The predicted molar refractivity (Wildman–Crippen MR) is 97.3 cm³/mol. The third kappa shape index (κ3) is 3.81. The number of ether oxygens (including phenoxy) is 1. The molecule has 2 unspecified atom stereocenters. The van der Waals surface area contributed by atoms with Crippen molar-refractivity contribution in [3.8, 4) is 5.75 Å². The zero-order valence-corrected chi connectivity index (χ0v) is 15.0. The number of amides is 1. The van der Waals surface area contributed by atoms with Crippen molar-refractivity contribution in [1.29, 1.82) is 0 Å². The van der Waals surface area contributed by atoms with E-state index >= 15 is 0 Å². The summed E-state index contributed by atoms with van der Waals surface area (Å²) < 4.78 is 11.0. The van der Waals surface area contributed by atoms with E-state index in [-0.39, 0.29) is 24.3 Å². The molecule has 3 aromatic rings. The number of likely N-dealkylation sites (tertiary alicyclic amines) is 1. The average molecular weight is 364 g/mol. The van der Waals surface area contributed by atoms with Crippen LogP contribution >= 0.6 is 0 Å². The van der Waals surface area contributed by atoms with Crippen LogP contribution in [-0.2, 0) is 4.79 Å². The van der Waals surface area contributed by atoms with Gasteiger partial charge < -0.3 is 14.2 Å². The first kappa shape index (κ1) is 17.2. The van der Waals surface area contributed by atoms with Crippen molar-refractivity contribution in [2.24, 2.45) is 0 Å². The minimum absolute atomic E-state index is 0.0250. The fraction of sp³-hybridized carbons (Fsp3) is 0.300. The van der Waals surface area contributed by atoms with Gasteiger partial charge in [0.15, 0.2) is 12.4 Å². The first-order valence-electron chi connectivity index (χ1n) is 8.86. The lowest BCUT2D eigenvalue weighted by Gasteiger charge is -2.17. The maximum Gasteiger partial charge on any atom is 0.260 e. The molecule has 1 aromatic carbocycles. The van der Waals surface area contributed by atoms with Gasteiger partial charge in [-0.3, -0.25) is 9.78 Å². The molecular formula is C20H20N4O3. The fourth-order valence-electron chi connectivity index (χ4n) is 3.43. The van der Waals surface area contributed by atoms with Crippen molar-refractivity contribution in [2.75, 3.05) is 19.7 Å². The van der Waals surface area contributed by atoms with Crippen molar-refractivity contribution < 1.29 is 14.1 Å². The Hall–Kier alpha value is -3.22. The monoisotopic (exact) mass is 364 g/mol. The summed E-state index contributed by atoms with van der Waals surface area (Å²) in [6.45, 7) is 2.88. The van der Waals surface area contributed by atoms with Gasteiger partial charge in [0, 0.05) is 25.2 Å². The van der Waals surface area contributed by atoms with Crippen molar-refractivity contribution in [3.63, 3.8) is 0 Å². The van der Waals surface area contributed by atoms with E-state index in [1.807, 2.05) is 18.2 Å². The zero-order chi connectivity index (χ0) is 18.6. The lowest BCUT2D eigenvalue weighted by molar-refractivity contribution is -0.132. The van der Waals surface area contributed by atoms with Crippen LogP contribution in [0.1, 0.15) is 29.1 Å². The van der Waals surface area contributed by atoms with E-state index < -0.39 is 0 Å². The highest BCUT2D eigenvalue weighted by Gasteiger charge is 2.40. The summed E-state index contributed by atoms with van der Waals surface area (Å²) in [6.07, 6.45) is 3.25. The molecule has 1 aliphatic rings. The predicted octanol–water partition coefficient (Wildman–Crippen LogP) is 2.56. The molecule has 7 heteroatoms. The van der Waals surface area contributed by atoms with Gasteiger partial charge in [0.2, 0.25) is 5.89 Å². The summed E-state index contributed by atoms with van der Waals surface area (Å²) in [5.41, 5.74) is 1.15. The standard InChI is InChI=1S/C20H20N4O3/c1-14-22-20(27-23-14)18-12-24(11-17(18)15-6-3-2-4-7-15)19(25)13-26-16-8-5-9-21-10-16/h2-10,17-18H,11-13H2,1H3. The molecule has 0 saturated carbocycles. The first-order chi connectivity index (χ1) is 13.2. The molecule has 0 N–H and O–H groups in total. The van der Waals surface area contributed by atoms with Crippen molar-refractivity contribution in [2.45, 2.75) is 18.8 Å². The van der Waals surface area contributed by atoms with Gasteiger partial charge in [0.05, 0.1) is 12.1 Å². The molecule has 1 saturated heterocycles. The number of pyridine rings is 1. The van der Waals surface area contributed by atoms with Crippen LogP contribution in [0.2, 0.25) is 0 Å². The van der Waals surface area contributed by atoms with Gasteiger partial charge in [-0.05, 0) is 24.6 Å². The molecule has 0 spiro atoms. The molecule has 0 radical (unpaired) electrons. The van der Waals surface area contributed by atoms with Gasteiger partial charge in [-0.2, -0.15) is 4.98 Å².